The quantitative estimate of drug-likeness (QED) is 0.336. The Morgan fingerprint density at radius 3 is 2.43 bits per heavy atom. The summed E-state index contributed by atoms with van der Waals surface area (Å²) in [7, 11) is -4.24. The van der Waals surface area contributed by atoms with Crippen LogP contribution in [0, 0.1) is 32.1 Å². The molecule has 0 aliphatic heterocycles. The highest BCUT2D eigenvalue weighted by molar-refractivity contribution is 7.95. The van der Waals surface area contributed by atoms with Crippen LogP contribution in [-0.4, -0.2) is 17.8 Å². The third-order valence-corrected chi connectivity index (χ3v) is 7.54. The van der Waals surface area contributed by atoms with Gasteiger partial charge in [-0.1, -0.05) is 29.8 Å². The van der Waals surface area contributed by atoms with E-state index >= 15 is 0 Å². The number of nitriles is 1. The van der Waals surface area contributed by atoms with Gasteiger partial charge in [0.15, 0.2) is 0 Å². The number of benzene rings is 2. The van der Waals surface area contributed by atoms with Crippen LogP contribution in [0.2, 0.25) is 5.02 Å². The summed E-state index contributed by atoms with van der Waals surface area (Å²) in [6.45, 7) is 5.58. The Bertz CT molecular complexity index is 1700. The predicted octanol–water partition coefficient (Wildman–Crippen LogP) is 5.40. The van der Waals surface area contributed by atoms with Crippen molar-refractivity contribution in [3.8, 4) is 17.7 Å². The predicted molar refractivity (Wildman–Crippen MR) is 134 cm³/mol. The summed E-state index contributed by atoms with van der Waals surface area (Å²) in [6.07, 6.45) is 2.53. The maximum Gasteiger partial charge on any atom is 0.269 e. The van der Waals surface area contributed by atoms with Gasteiger partial charge in [0.25, 0.3) is 5.56 Å². The lowest BCUT2D eigenvalue weighted by molar-refractivity contribution is 0.457. The highest BCUT2D eigenvalue weighted by Crippen LogP contribution is 2.30. The van der Waals surface area contributed by atoms with E-state index in [1.54, 1.807) is 37.3 Å². The third-order valence-electron chi connectivity index (χ3n) is 5.61. The largest absolute Gasteiger partial charge is 0.438 e. The van der Waals surface area contributed by atoms with Gasteiger partial charge >= 0.3 is 0 Å². The molecule has 0 radical (unpaired) electrons. The van der Waals surface area contributed by atoms with Gasteiger partial charge < -0.3 is 4.74 Å². The summed E-state index contributed by atoms with van der Waals surface area (Å²) in [5, 5.41) is 10.1. The molecule has 0 saturated heterocycles. The van der Waals surface area contributed by atoms with Crippen molar-refractivity contribution in [1.82, 2.24) is 9.38 Å². The Morgan fingerprint density at radius 1 is 1.06 bits per heavy atom. The Balaban J connectivity index is 1.98. The van der Waals surface area contributed by atoms with Crippen LogP contribution in [0.25, 0.3) is 11.7 Å². The van der Waals surface area contributed by atoms with E-state index in [1.807, 2.05) is 19.9 Å². The lowest BCUT2D eigenvalue weighted by Gasteiger charge is -2.14. The summed E-state index contributed by atoms with van der Waals surface area (Å²) < 4.78 is 33.7. The van der Waals surface area contributed by atoms with Crippen molar-refractivity contribution >= 4 is 33.2 Å². The lowest BCUT2D eigenvalue weighted by atomic mass is 10.1. The summed E-state index contributed by atoms with van der Waals surface area (Å²) in [5.41, 5.74) is 2.15. The molecule has 4 rings (SSSR count). The zero-order chi connectivity index (χ0) is 25.3. The molecule has 2 heterocycles. The van der Waals surface area contributed by atoms with Gasteiger partial charge in [-0.25, -0.2) is 8.42 Å². The minimum absolute atomic E-state index is 0.0999. The molecule has 35 heavy (non-hydrogen) atoms. The highest BCUT2D eigenvalue weighted by Gasteiger charge is 2.24. The van der Waals surface area contributed by atoms with Crippen molar-refractivity contribution in [1.29, 1.82) is 5.26 Å². The zero-order valence-electron chi connectivity index (χ0n) is 19.1. The minimum atomic E-state index is -4.24. The molecular formula is C26H20ClN3O4S. The number of aromatic nitrogens is 2. The van der Waals surface area contributed by atoms with Crippen LogP contribution >= 0.6 is 11.6 Å². The highest BCUT2D eigenvalue weighted by atomic mass is 35.5. The van der Waals surface area contributed by atoms with E-state index in [-0.39, 0.29) is 16.3 Å². The second-order valence-corrected chi connectivity index (χ2v) is 10.3. The van der Waals surface area contributed by atoms with Crippen molar-refractivity contribution in [2.75, 3.05) is 0 Å². The summed E-state index contributed by atoms with van der Waals surface area (Å²) in [4.78, 5) is 17.3. The van der Waals surface area contributed by atoms with Crippen molar-refractivity contribution in [2.24, 2.45) is 0 Å². The maximum atomic E-state index is 13.5. The average Bonchev–Trinajstić information content (AvgIpc) is 2.82. The summed E-state index contributed by atoms with van der Waals surface area (Å²) in [5.74, 6) is 0.362. The molecule has 176 valence electrons. The van der Waals surface area contributed by atoms with E-state index in [0.717, 1.165) is 22.8 Å². The van der Waals surface area contributed by atoms with E-state index in [4.69, 9.17) is 16.3 Å². The number of ether oxygens (including phenoxy) is 1. The fourth-order valence-corrected chi connectivity index (χ4v) is 4.74. The van der Waals surface area contributed by atoms with Gasteiger partial charge in [-0.05, 0) is 79.9 Å². The molecule has 0 unspecified atom stereocenters. The Morgan fingerprint density at radius 2 is 1.74 bits per heavy atom. The number of pyridine rings is 1. The van der Waals surface area contributed by atoms with Gasteiger partial charge in [0, 0.05) is 11.2 Å². The first kappa shape index (κ1) is 24.2. The monoisotopic (exact) mass is 505 g/mol. The number of fused-ring (bicyclic) bond motifs is 1. The molecule has 2 aromatic carbocycles. The summed E-state index contributed by atoms with van der Waals surface area (Å²) in [6, 6.07) is 16.1. The number of halogens is 1. The second kappa shape index (κ2) is 9.37. The molecule has 0 aliphatic rings. The number of allylic oxidation sites excluding steroid dienone is 1. The number of nitrogens with zero attached hydrogens (tertiary/aromatic N) is 3. The molecule has 0 aliphatic carbocycles. The standard InChI is InChI=1S/C26H20ClN3O4S/c1-16-6-4-8-23(18(16)3)34-25-22(26(31)30-13-5-7-17(2)24(30)29-25)14-21(15-28)35(32,33)20-11-9-19(27)10-12-20/h4-14H,1-3H3/b21-14+. The van der Waals surface area contributed by atoms with Crippen molar-refractivity contribution in [3.05, 3.63) is 103 Å². The zero-order valence-corrected chi connectivity index (χ0v) is 20.7. The Kier molecular flexibility index (Phi) is 6.48. The molecule has 0 amide bonds. The van der Waals surface area contributed by atoms with Gasteiger partial charge in [0.05, 0.1) is 4.90 Å². The van der Waals surface area contributed by atoms with Crippen LogP contribution in [0.1, 0.15) is 22.3 Å². The van der Waals surface area contributed by atoms with Crippen molar-refractivity contribution < 1.29 is 13.2 Å². The van der Waals surface area contributed by atoms with Crippen LogP contribution in [0.4, 0.5) is 0 Å². The van der Waals surface area contributed by atoms with Gasteiger partial charge in [-0.2, -0.15) is 10.2 Å². The van der Waals surface area contributed by atoms with E-state index < -0.39 is 20.3 Å². The number of hydrogen-bond acceptors (Lipinski definition) is 6. The SMILES string of the molecule is Cc1cccc(Oc2nc3c(C)cccn3c(=O)c2/C=C(\C#N)S(=O)(=O)c2ccc(Cl)cc2)c1C. The van der Waals surface area contributed by atoms with Crippen LogP contribution in [0.15, 0.2) is 75.4 Å². The van der Waals surface area contributed by atoms with Crippen LogP contribution in [0.5, 0.6) is 11.6 Å². The Labute approximate surface area is 207 Å². The minimum Gasteiger partial charge on any atom is -0.438 e. The van der Waals surface area contributed by atoms with Crippen LogP contribution in [0.3, 0.4) is 0 Å². The summed E-state index contributed by atoms with van der Waals surface area (Å²) >= 11 is 5.87. The van der Waals surface area contributed by atoms with Crippen LogP contribution in [-0.2, 0) is 9.84 Å². The molecule has 0 N–H and O–H groups in total. The number of rotatable bonds is 5. The molecule has 0 saturated carbocycles. The fraction of sp³-hybridized carbons (Fsp3) is 0.115. The van der Waals surface area contributed by atoms with E-state index in [2.05, 4.69) is 4.98 Å². The van der Waals surface area contributed by atoms with Crippen molar-refractivity contribution in [3.63, 3.8) is 0 Å². The van der Waals surface area contributed by atoms with E-state index in [0.29, 0.717) is 16.4 Å². The van der Waals surface area contributed by atoms with E-state index in [9.17, 15) is 18.5 Å². The first-order valence-corrected chi connectivity index (χ1v) is 12.4. The molecule has 0 atom stereocenters. The van der Waals surface area contributed by atoms with Gasteiger partial charge in [-0.15, -0.1) is 0 Å². The molecule has 7 nitrogen and oxygen atoms in total. The normalized spacial score (nSPS) is 11.9. The molecule has 2 aromatic heterocycles. The molecule has 0 fully saturated rings. The lowest BCUT2D eigenvalue weighted by Crippen LogP contribution is -2.20. The molecule has 0 spiro atoms. The van der Waals surface area contributed by atoms with Crippen molar-refractivity contribution in [2.45, 2.75) is 25.7 Å². The first-order chi connectivity index (χ1) is 16.6. The topological polar surface area (TPSA) is 102 Å². The molecule has 0 bridgehead atoms. The number of hydrogen-bond donors (Lipinski definition) is 0. The molecular weight excluding hydrogens is 486 g/mol. The van der Waals surface area contributed by atoms with Gasteiger partial charge in [0.1, 0.15) is 27.9 Å². The average molecular weight is 506 g/mol. The van der Waals surface area contributed by atoms with Crippen LogP contribution < -0.4 is 10.3 Å². The molecule has 9 heteroatoms. The smallest absolute Gasteiger partial charge is 0.269 e. The van der Waals surface area contributed by atoms with Gasteiger partial charge in [0.2, 0.25) is 15.7 Å². The molecule has 4 aromatic rings. The second-order valence-electron chi connectivity index (χ2n) is 7.90. The third kappa shape index (κ3) is 4.56. The maximum absolute atomic E-state index is 13.5. The number of aryl methyl sites for hydroxylation is 2. The van der Waals surface area contributed by atoms with E-state index in [1.165, 1.54) is 34.9 Å². The fourth-order valence-electron chi connectivity index (χ4n) is 3.47. The first-order valence-electron chi connectivity index (χ1n) is 10.5. The Hall–Kier alpha value is -3.93. The number of sulfone groups is 1. The van der Waals surface area contributed by atoms with Gasteiger partial charge in [-0.3, -0.25) is 9.20 Å².